The number of aromatic amines is 1. The first-order chi connectivity index (χ1) is 7.72. The van der Waals surface area contributed by atoms with Crippen molar-refractivity contribution < 1.29 is 14.6 Å². The van der Waals surface area contributed by atoms with Crippen LogP contribution in [0.4, 0.5) is 0 Å². The van der Waals surface area contributed by atoms with Crippen molar-refractivity contribution in [2.24, 2.45) is 0 Å². The molecule has 4 nitrogen and oxygen atoms in total. The summed E-state index contributed by atoms with van der Waals surface area (Å²) >= 11 is 0. The standard InChI is InChI=1S/C12H11NO3/c1-16-12(15)10-6-8(7-13-10)9-4-2-3-5-11(9)14/h2-7,13-14H,1H3. The summed E-state index contributed by atoms with van der Waals surface area (Å²) in [4.78, 5) is 14.0. The van der Waals surface area contributed by atoms with Crippen molar-refractivity contribution in [1.29, 1.82) is 0 Å². The molecular formula is C12H11NO3. The number of aromatic hydroxyl groups is 1. The Balaban J connectivity index is 2.39. The van der Waals surface area contributed by atoms with Gasteiger partial charge in [-0.1, -0.05) is 18.2 Å². The Morgan fingerprint density at radius 2 is 2.12 bits per heavy atom. The van der Waals surface area contributed by atoms with Gasteiger partial charge in [-0.3, -0.25) is 0 Å². The van der Waals surface area contributed by atoms with E-state index in [4.69, 9.17) is 0 Å². The summed E-state index contributed by atoms with van der Waals surface area (Å²) in [7, 11) is 1.32. The number of benzene rings is 1. The van der Waals surface area contributed by atoms with Gasteiger partial charge in [-0.15, -0.1) is 0 Å². The lowest BCUT2D eigenvalue weighted by atomic mass is 10.1. The number of phenolic OH excluding ortho intramolecular Hbond substituents is 1. The van der Waals surface area contributed by atoms with Gasteiger partial charge in [0, 0.05) is 17.3 Å². The molecule has 0 saturated heterocycles. The molecule has 0 radical (unpaired) electrons. The van der Waals surface area contributed by atoms with E-state index in [0.717, 1.165) is 5.56 Å². The minimum Gasteiger partial charge on any atom is -0.507 e. The number of ether oxygens (including phenoxy) is 1. The zero-order valence-electron chi connectivity index (χ0n) is 8.73. The number of methoxy groups -OCH3 is 1. The Morgan fingerprint density at radius 3 is 2.81 bits per heavy atom. The number of H-pyrrole nitrogens is 1. The lowest BCUT2D eigenvalue weighted by Crippen LogP contribution is -2.00. The SMILES string of the molecule is COC(=O)c1cc(-c2ccccc2O)c[nH]1. The molecule has 0 unspecified atom stereocenters. The number of esters is 1. The summed E-state index contributed by atoms with van der Waals surface area (Å²) < 4.78 is 4.58. The fourth-order valence-electron chi connectivity index (χ4n) is 1.50. The van der Waals surface area contributed by atoms with E-state index in [0.29, 0.717) is 11.3 Å². The molecule has 0 aliphatic heterocycles. The van der Waals surface area contributed by atoms with Crippen LogP contribution in [0.15, 0.2) is 36.5 Å². The third-order valence-corrected chi connectivity index (χ3v) is 2.30. The highest BCUT2D eigenvalue weighted by Crippen LogP contribution is 2.28. The summed E-state index contributed by atoms with van der Waals surface area (Å²) in [6.45, 7) is 0. The van der Waals surface area contributed by atoms with Crippen LogP contribution >= 0.6 is 0 Å². The first-order valence-corrected chi connectivity index (χ1v) is 4.77. The number of rotatable bonds is 2. The Kier molecular flexibility index (Phi) is 2.64. The van der Waals surface area contributed by atoms with E-state index in [9.17, 15) is 9.90 Å². The normalized spacial score (nSPS) is 10.1. The lowest BCUT2D eigenvalue weighted by Gasteiger charge is -1.99. The van der Waals surface area contributed by atoms with E-state index >= 15 is 0 Å². The molecule has 82 valence electrons. The van der Waals surface area contributed by atoms with Crippen LogP contribution in [0.5, 0.6) is 5.75 Å². The molecule has 1 aromatic carbocycles. The fourth-order valence-corrected chi connectivity index (χ4v) is 1.50. The second-order valence-electron chi connectivity index (χ2n) is 3.31. The van der Waals surface area contributed by atoms with E-state index in [2.05, 4.69) is 9.72 Å². The van der Waals surface area contributed by atoms with E-state index in [-0.39, 0.29) is 5.75 Å². The van der Waals surface area contributed by atoms with Gasteiger partial charge < -0.3 is 14.8 Å². The van der Waals surface area contributed by atoms with Gasteiger partial charge in [-0.2, -0.15) is 0 Å². The first kappa shape index (κ1) is 10.3. The molecule has 4 heteroatoms. The second kappa shape index (κ2) is 4.10. The molecule has 0 atom stereocenters. The van der Waals surface area contributed by atoms with E-state index in [1.54, 1.807) is 30.5 Å². The molecule has 0 aliphatic rings. The van der Waals surface area contributed by atoms with Gasteiger partial charge in [0.25, 0.3) is 0 Å². The van der Waals surface area contributed by atoms with E-state index in [1.807, 2.05) is 6.07 Å². The van der Waals surface area contributed by atoms with Crippen molar-refractivity contribution in [3.8, 4) is 16.9 Å². The molecule has 2 rings (SSSR count). The average molecular weight is 217 g/mol. The van der Waals surface area contributed by atoms with E-state index in [1.165, 1.54) is 7.11 Å². The Morgan fingerprint density at radius 1 is 1.38 bits per heavy atom. The van der Waals surface area contributed by atoms with Crippen LogP contribution in [0.1, 0.15) is 10.5 Å². The fraction of sp³-hybridized carbons (Fsp3) is 0.0833. The number of aromatic nitrogens is 1. The minimum absolute atomic E-state index is 0.179. The van der Waals surface area contributed by atoms with Crippen LogP contribution < -0.4 is 0 Å². The van der Waals surface area contributed by atoms with Crippen LogP contribution in [0.3, 0.4) is 0 Å². The number of hydrogen-bond donors (Lipinski definition) is 2. The largest absolute Gasteiger partial charge is 0.507 e. The molecule has 0 saturated carbocycles. The molecule has 1 heterocycles. The summed E-state index contributed by atoms with van der Waals surface area (Å²) in [6, 6.07) is 8.58. The zero-order chi connectivity index (χ0) is 11.5. The Labute approximate surface area is 92.5 Å². The number of nitrogens with one attached hydrogen (secondary N) is 1. The number of carbonyl (C=O) groups excluding carboxylic acids is 1. The van der Waals surface area contributed by atoms with Gasteiger partial charge in [0.1, 0.15) is 11.4 Å². The molecule has 2 N–H and O–H groups in total. The smallest absolute Gasteiger partial charge is 0.354 e. The molecule has 1 aromatic heterocycles. The summed E-state index contributed by atoms with van der Waals surface area (Å²) in [5.41, 5.74) is 1.79. The highest BCUT2D eigenvalue weighted by molar-refractivity contribution is 5.89. The van der Waals surface area contributed by atoms with Crippen molar-refractivity contribution in [3.05, 3.63) is 42.2 Å². The van der Waals surface area contributed by atoms with Gasteiger partial charge in [0.05, 0.1) is 7.11 Å². The summed E-state index contributed by atoms with van der Waals surface area (Å²) in [5, 5.41) is 9.64. The second-order valence-corrected chi connectivity index (χ2v) is 3.31. The van der Waals surface area contributed by atoms with Crippen LogP contribution in [0, 0.1) is 0 Å². The zero-order valence-corrected chi connectivity index (χ0v) is 8.73. The van der Waals surface area contributed by atoms with Gasteiger partial charge in [-0.25, -0.2) is 4.79 Å². The van der Waals surface area contributed by atoms with Crippen molar-refractivity contribution in [2.75, 3.05) is 7.11 Å². The van der Waals surface area contributed by atoms with Gasteiger partial charge in [0.15, 0.2) is 0 Å². The topological polar surface area (TPSA) is 62.3 Å². The molecule has 0 bridgehead atoms. The molecule has 0 aliphatic carbocycles. The molecular weight excluding hydrogens is 206 g/mol. The maximum absolute atomic E-state index is 11.2. The van der Waals surface area contributed by atoms with Crippen LogP contribution in [-0.4, -0.2) is 23.2 Å². The van der Waals surface area contributed by atoms with Crippen molar-refractivity contribution >= 4 is 5.97 Å². The average Bonchev–Trinajstić information content (AvgIpc) is 2.78. The third kappa shape index (κ3) is 1.77. The monoisotopic (exact) mass is 217 g/mol. The van der Waals surface area contributed by atoms with Crippen molar-refractivity contribution in [2.45, 2.75) is 0 Å². The van der Waals surface area contributed by atoms with Crippen molar-refractivity contribution in [1.82, 2.24) is 4.98 Å². The Hall–Kier alpha value is -2.23. The highest BCUT2D eigenvalue weighted by Gasteiger charge is 2.10. The highest BCUT2D eigenvalue weighted by atomic mass is 16.5. The number of phenols is 1. The number of carbonyl (C=O) groups is 1. The lowest BCUT2D eigenvalue weighted by molar-refractivity contribution is 0.0595. The predicted octanol–water partition coefficient (Wildman–Crippen LogP) is 2.17. The molecule has 0 fully saturated rings. The molecule has 0 spiro atoms. The maximum Gasteiger partial charge on any atom is 0.354 e. The number of para-hydroxylation sites is 1. The molecule has 16 heavy (non-hydrogen) atoms. The number of hydrogen-bond acceptors (Lipinski definition) is 3. The molecule has 0 amide bonds. The van der Waals surface area contributed by atoms with Gasteiger partial charge in [0.2, 0.25) is 0 Å². The Bertz CT molecular complexity index is 516. The maximum atomic E-state index is 11.2. The van der Waals surface area contributed by atoms with Crippen molar-refractivity contribution in [3.63, 3.8) is 0 Å². The summed E-state index contributed by atoms with van der Waals surface area (Å²) in [6.07, 6.45) is 1.65. The van der Waals surface area contributed by atoms with Gasteiger partial charge >= 0.3 is 5.97 Å². The van der Waals surface area contributed by atoms with Crippen LogP contribution in [-0.2, 0) is 4.74 Å². The van der Waals surface area contributed by atoms with Crippen LogP contribution in [0.25, 0.3) is 11.1 Å². The van der Waals surface area contributed by atoms with E-state index < -0.39 is 5.97 Å². The molecule has 2 aromatic rings. The third-order valence-electron chi connectivity index (χ3n) is 2.30. The quantitative estimate of drug-likeness (QED) is 0.758. The summed E-state index contributed by atoms with van der Waals surface area (Å²) in [5.74, 6) is -0.250. The van der Waals surface area contributed by atoms with Gasteiger partial charge in [-0.05, 0) is 12.1 Å². The first-order valence-electron chi connectivity index (χ1n) is 4.77. The van der Waals surface area contributed by atoms with Crippen LogP contribution in [0.2, 0.25) is 0 Å². The predicted molar refractivity (Wildman–Crippen MR) is 59.2 cm³/mol. The minimum atomic E-state index is -0.429.